The highest BCUT2D eigenvalue weighted by atomic mass is 16.5. The molecule has 6 rings (SSSR count). The van der Waals surface area contributed by atoms with Gasteiger partial charge >= 0.3 is 0 Å². The number of anilines is 1. The van der Waals surface area contributed by atoms with Gasteiger partial charge in [0.25, 0.3) is 0 Å². The lowest BCUT2D eigenvalue weighted by molar-refractivity contribution is -0.134. The molecule has 1 heterocycles. The topological polar surface area (TPSA) is 63.7 Å². The molecule has 0 spiro atoms. The molecule has 1 aliphatic heterocycles. The summed E-state index contributed by atoms with van der Waals surface area (Å²) in [5.41, 5.74) is 2.52. The number of nitrogens with zero attached hydrogens (tertiary/aromatic N) is 1. The van der Waals surface area contributed by atoms with Gasteiger partial charge < -0.3 is 4.74 Å². The normalized spacial score (nSPS) is 28.3. The molecule has 0 N–H and O–H groups in total. The van der Waals surface area contributed by atoms with Crippen LogP contribution in [-0.4, -0.2) is 24.2 Å². The van der Waals surface area contributed by atoms with E-state index in [1.54, 1.807) is 24.3 Å². The zero-order chi connectivity index (χ0) is 18.7. The molecular formula is C22H19NO4. The summed E-state index contributed by atoms with van der Waals surface area (Å²) >= 11 is 0. The van der Waals surface area contributed by atoms with E-state index in [0.29, 0.717) is 24.5 Å². The number of benzene rings is 2. The van der Waals surface area contributed by atoms with Gasteiger partial charge in [-0.2, -0.15) is 0 Å². The number of fused-ring (bicyclic) bond motifs is 1. The van der Waals surface area contributed by atoms with Crippen molar-refractivity contribution in [3.05, 3.63) is 59.7 Å². The van der Waals surface area contributed by atoms with E-state index in [-0.39, 0.29) is 23.5 Å². The molecule has 2 aromatic rings. The summed E-state index contributed by atoms with van der Waals surface area (Å²) in [7, 11) is 0. The van der Waals surface area contributed by atoms with Gasteiger partial charge in [-0.25, -0.2) is 0 Å². The quantitative estimate of drug-likeness (QED) is 0.789. The van der Waals surface area contributed by atoms with Gasteiger partial charge in [0.1, 0.15) is 11.5 Å². The number of ketones is 1. The van der Waals surface area contributed by atoms with Crippen molar-refractivity contribution in [1.82, 2.24) is 0 Å². The van der Waals surface area contributed by atoms with Gasteiger partial charge in [0.05, 0.1) is 30.0 Å². The van der Waals surface area contributed by atoms with Crippen molar-refractivity contribution >= 4 is 23.3 Å². The fourth-order valence-corrected chi connectivity index (χ4v) is 5.07. The van der Waals surface area contributed by atoms with Crippen LogP contribution >= 0.6 is 0 Å². The summed E-state index contributed by atoms with van der Waals surface area (Å²) in [6.45, 7) is 2.45. The maximum absolute atomic E-state index is 13.2. The third kappa shape index (κ3) is 2.14. The van der Waals surface area contributed by atoms with Crippen LogP contribution in [0.1, 0.15) is 36.3 Å². The fourth-order valence-electron chi connectivity index (χ4n) is 5.07. The Labute approximate surface area is 156 Å². The van der Waals surface area contributed by atoms with Crippen LogP contribution in [-0.2, 0) is 14.4 Å². The molecule has 2 fully saturated rings. The number of amides is 2. The Bertz CT molecular complexity index is 965. The van der Waals surface area contributed by atoms with Gasteiger partial charge in [-0.1, -0.05) is 24.3 Å². The van der Waals surface area contributed by atoms with Crippen LogP contribution in [0.4, 0.5) is 5.69 Å². The SMILES string of the molecule is CCOc1ccc(N2C(=O)[C@@H]3[C@H](C2=O)[C@@H]2CC(=O)[C@@H]3c3ccccc32)cc1. The van der Waals surface area contributed by atoms with E-state index >= 15 is 0 Å². The Balaban J connectivity index is 1.57. The summed E-state index contributed by atoms with van der Waals surface area (Å²) in [6, 6.07) is 14.7. The second-order valence-electron chi connectivity index (χ2n) is 7.37. The summed E-state index contributed by atoms with van der Waals surface area (Å²) < 4.78 is 5.44. The first-order valence-corrected chi connectivity index (χ1v) is 9.34. The molecule has 1 saturated carbocycles. The predicted molar refractivity (Wildman–Crippen MR) is 98.6 cm³/mol. The Morgan fingerprint density at radius 2 is 1.59 bits per heavy atom. The summed E-state index contributed by atoms with van der Waals surface area (Å²) in [6.07, 6.45) is 0.346. The fraction of sp³-hybridized carbons (Fsp3) is 0.318. The molecule has 3 aliphatic carbocycles. The minimum Gasteiger partial charge on any atom is -0.494 e. The Morgan fingerprint density at radius 3 is 2.30 bits per heavy atom. The van der Waals surface area contributed by atoms with E-state index in [0.717, 1.165) is 11.1 Å². The number of hydrogen-bond acceptors (Lipinski definition) is 4. The monoisotopic (exact) mass is 361 g/mol. The van der Waals surface area contributed by atoms with Crippen molar-refractivity contribution in [2.45, 2.75) is 25.2 Å². The highest BCUT2D eigenvalue weighted by Gasteiger charge is 2.62. The van der Waals surface area contributed by atoms with E-state index in [9.17, 15) is 14.4 Å². The average Bonchev–Trinajstić information content (AvgIpc) is 2.95. The lowest BCUT2D eigenvalue weighted by Crippen LogP contribution is -2.44. The first-order valence-electron chi connectivity index (χ1n) is 9.34. The number of imide groups is 1. The van der Waals surface area contributed by atoms with Gasteiger partial charge in [-0.05, 0) is 42.3 Å². The van der Waals surface area contributed by atoms with Crippen molar-refractivity contribution in [2.75, 3.05) is 11.5 Å². The predicted octanol–water partition coefficient (Wildman–Crippen LogP) is 3.04. The molecule has 4 atom stereocenters. The van der Waals surface area contributed by atoms with Crippen LogP contribution in [0.5, 0.6) is 5.75 Å². The molecule has 5 heteroatoms. The number of carbonyl (C=O) groups is 3. The molecule has 4 aliphatic rings. The maximum Gasteiger partial charge on any atom is 0.238 e. The molecular weight excluding hydrogens is 342 g/mol. The van der Waals surface area contributed by atoms with Crippen LogP contribution in [0.3, 0.4) is 0 Å². The van der Waals surface area contributed by atoms with Gasteiger partial charge in [0, 0.05) is 12.3 Å². The van der Waals surface area contributed by atoms with Gasteiger partial charge in [-0.15, -0.1) is 0 Å². The Morgan fingerprint density at radius 1 is 0.926 bits per heavy atom. The Kier molecular flexibility index (Phi) is 3.47. The molecule has 5 nitrogen and oxygen atoms in total. The highest BCUT2D eigenvalue weighted by Crippen LogP contribution is 2.57. The van der Waals surface area contributed by atoms with Crippen molar-refractivity contribution in [3.63, 3.8) is 0 Å². The van der Waals surface area contributed by atoms with Crippen molar-refractivity contribution in [3.8, 4) is 5.75 Å². The summed E-state index contributed by atoms with van der Waals surface area (Å²) in [5, 5.41) is 0. The zero-order valence-electron chi connectivity index (χ0n) is 14.9. The van der Waals surface area contributed by atoms with Crippen molar-refractivity contribution in [2.24, 2.45) is 11.8 Å². The largest absolute Gasteiger partial charge is 0.494 e. The van der Waals surface area contributed by atoms with E-state index in [2.05, 4.69) is 0 Å². The first kappa shape index (κ1) is 16.2. The van der Waals surface area contributed by atoms with Gasteiger partial charge in [0.15, 0.2) is 0 Å². The van der Waals surface area contributed by atoms with Crippen LogP contribution in [0.2, 0.25) is 0 Å². The van der Waals surface area contributed by atoms with Crippen LogP contribution in [0, 0.1) is 11.8 Å². The van der Waals surface area contributed by atoms with E-state index in [4.69, 9.17) is 4.74 Å². The lowest BCUT2D eigenvalue weighted by atomic mass is 9.56. The van der Waals surface area contributed by atoms with Crippen molar-refractivity contribution < 1.29 is 19.1 Å². The van der Waals surface area contributed by atoms with Crippen LogP contribution < -0.4 is 9.64 Å². The molecule has 27 heavy (non-hydrogen) atoms. The molecule has 0 aromatic heterocycles. The Hall–Kier alpha value is -2.95. The maximum atomic E-state index is 13.2. The summed E-state index contributed by atoms with van der Waals surface area (Å²) in [5.74, 6) is -1.40. The average molecular weight is 361 g/mol. The number of ether oxygens (including phenoxy) is 1. The second kappa shape index (κ2) is 5.78. The highest BCUT2D eigenvalue weighted by molar-refractivity contribution is 6.24. The minimum absolute atomic E-state index is 0.0784. The molecule has 2 bridgehead atoms. The molecule has 136 valence electrons. The van der Waals surface area contributed by atoms with E-state index < -0.39 is 17.8 Å². The molecule has 1 saturated heterocycles. The summed E-state index contributed by atoms with van der Waals surface area (Å²) in [4.78, 5) is 40.4. The number of hydrogen-bond donors (Lipinski definition) is 0. The van der Waals surface area contributed by atoms with Crippen molar-refractivity contribution in [1.29, 1.82) is 0 Å². The standard InChI is InChI=1S/C22H19NO4/c1-2-27-13-9-7-12(8-10-13)23-21(25)19-16-11-17(24)18(20(19)22(23)26)15-6-4-3-5-14(15)16/h3-10,16,18-20H,2,11H2,1H3/t16-,18+,19-,20+/m1/s1. The van der Waals surface area contributed by atoms with E-state index in [1.165, 1.54) is 4.90 Å². The number of Topliss-reactive ketones (excluding diaryl/α,β-unsaturated/α-hetero) is 1. The molecule has 2 amide bonds. The molecule has 0 unspecified atom stereocenters. The molecule has 0 radical (unpaired) electrons. The third-order valence-corrected chi connectivity index (χ3v) is 6.10. The van der Waals surface area contributed by atoms with E-state index in [1.807, 2.05) is 31.2 Å². The minimum atomic E-state index is -0.579. The lowest BCUT2D eigenvalue weighted by Gasteiger charge is -2.43. The van der Waals surface area contributed by atoms with Gasteiger partial charge in [0.2, 0.25) is 11.8 Å². The number of carbonyl (C=O) groups excluding carboxylic acids is 3. The first-order chi connectivity index (χ1) is 13.1. The van der Waals surface area contributed by atoms with Gasteiger partial charge in [-0.3, -0.25) is 19.3 Å². The van der Waals surface area contributed by atoms with Crippen LogP contribution in [0.25, 0.3) is 0 Å². The second-order valence-corrected chi connectivity index (χ2v) is 7.37. The zero-order valence-corrected chi connectivity index (χ0v) is 14.9. The van der Waals surface area contributed by atoms with Crippen LogP contribution in [0.15, 0.2) is 48.5 Å². The third-order valence-electron chi connectivity index (χ3n) is 6.10. The number of rotatable bonds is 3. The molecule has 2 aromatic carbocycles. The smallest absolute Gasteiger partial charge is 0.238 e.